The summed E-state index contributed by atoms with van der Waals surface area (Å²) in [5.74, 6) is 2.10. The Bertz CT molecular complexity index is 442. The number of methoxy groups -OCH3 is 1. The molecule has 0 radical (unpaired) electrons. The number of ether oxygens (including phenoxy) is 1. The fourth-order valence-corrected chi connectivity index (χ4v) is 6.62. The molecule has 1 spiro atoms. The van der Waals surface area contributed by atoms with Gasteiger partial charge >= 0.3 is 0 Å². The second-order valence-electron chi connectivity index (χ2n) is 6.63. The van der Waals surface area contributed by atoms with Crippen molar-refractivity contribution in [2.75, 3.05) is 7.11 Å². The fraction of sp³-hybridized carbons (Fsp3) is 0.857. The Labute approximate surface area is 95.7 Å². The molecule has 0 aliphatic heterocycles. The summed E-state index contributed by atoms with van der Waals surface area (Å²) < 4.78 is 6.00. The van der Waals surface area contributed by atoms with Crippen molar-refractivity contribution >= 4 is 0 Å². The van der Waals surface area contributed by atoms with Gasteiger partial charge in [-0.15, -0.1) is 0 Å². The minimum absolute atomic E-state index is 0.0365. The Kier molecular flexibility index (Phi) is 1.11. The summed E-state index contributed by atoms with van der Waals surface area (Å²) in [6, 6.07) is 0. The van der Waals surface area contributed by atoms with E-state index < -0.39 is 5.60 Å². The zero-order valence-electron chi connectivity index (χ0n) is 9.70. The molecule has 2 nitrogen and oxygen atoms in total. The largest absolute Gasteiger partial charge is 0.389 e. The van der Waals surface area contributed by atoms with Gasteiger partial charge in [-0.3, -0.25) is 0 Å². The average Bonchev–Trinajstić information content (AvgIpc) is 2.54. The molecule has 4 saturated carbocycles. The molecule has 1 N–H and O–H groups in total. The van der Waals surface area contributed by atoms with E-state index in [4.69, 9.17) is 4.74 Å². The second-order valence-corrected chi connectivity index (χ2v) is 6.63. The van der Waals surface area contributed by atoms with Crippen LogP contribution in [0.3, 0.4) is 0 Å². The van der Waals surface area contributed by atoms with Crippen LogP contribution >= 0.6 is 0 Å². The zero-order chi connectivity index (χ0) is 10.8. The minimum Gasteiger partial charge on any atom is -0.389 e. The van der Waals surface area contributed by atoms with Gasteiger partial charge in [-0.2, -0.15) is 0 Å². The van der Waals surface area contributed by atoms with Crippen LogP contribution in [0.25, 0.3) is 0 Å². The predicted molar refractivity (Wildman–Crippen MR) is 58.8 cm³/mol. The van der Waals surface area contributed by atoms with Crippen molar-refractivity contribution in [3.8, 4) is 0 Å². The molecule has 3 unspecified atom stereocenters. The summed E-state index contributed by atoms with van der Waals surface area (Å²) in [7, 11) is 1.87. The van der Waals surface area contributed by atoms with Crippen molar-refractivity contribution in [3.05, 3.63) is 11.6 Å². The standard InChI is InChI=1S/C14H18O2/c1-16-14-10-6-8-2-4-12(15)5-3-9(7-11(10)14)13(8,12)14/h6,9-11,15H,2-5,7H2,1H3/t9-,10?,11?,12-,13?,14+/m0/s1. The average molecular weight is 218 g/mol. The molecule has 4 fully saturated rings. The smallest absolute Gasteiger partial charge is 0.0902 e. The monoisotopic (exact) mass is 218 g/mol. The van der Waals surface area contributed by atoms with Crippen molar-refractivity contribution in [2.45, 2.75) is 43.3 Å². The lowest BCUT2D eigenvalue weighted by Gasteiger charge is -2.43. The lowest BCUT2D eigenvalue weighted by molar-refractivity contribution is -0.118. The normalized spacial score (nSPS) is 68.1. The fourth-order valence-electron chi connectivity index (χ4n) is 6.62. The lowest BCUT2D eigenvalue weighted by atomic mass is 9.68. The summed E-state index contributed by atoms with van der Waals surface area (Å²) in [4.78, 5) is 0. The highest BCUT2D eigenvalue weighted by Crippen LogP contribution is 2.87. The van der Waals surface area contributed by atoms with E-state index in [1.807, 2.05) is 7.11 Å². The van der Waals surface area contributed by atoms with Gasteiger partial charge in [0.05, 0.1) is 16.6 Å². The Morgan fingerprint density at radius 1 is 1.44 bits per heavy atom. The Morgan fingerprint density at radius 3 is 3.12 bits per heavy atom. The van der Waals surface area contributed by atoms with Crippen LogP contribution in [-0.2, 0) is 4.74 Å². The first-order valence-electron chi connectivity index (χ1n) is 6.69. The van der Waals surface area contributed by atoms with Crippen LogP contribution in [-0.4, -0.2) is 23.4 Å². The van der Waals surface area contributed by atoms with Gasteiger partial charge in [0.25, 0.3) is 0 Å². The van der Waals surface area contributed by atoms with Crippen molar-refractivity contribution in [1.29, 1.82) is 0 Å². The van der Waals surface area contributed by atoms with Gasteiger partial charge in [0.1, 0.15) is 0 Å². The maximum absolute atomic E-state index is 11.1. The van der Waals surface area contributed by atoms with Crippen LogP contribution in [0.5, 0.6) is 0 Å². The van der Waals surface area contributed by atoms with Crippen LogP contribution in [0.15, 0.2) is 11.6 Å². The molecule has 0 aromatic heterocycles. The molecule has 2 heteroatoms. The molecule has 86 valence electrons. The molecule has 16 heavy (non-hydrogen) atoms. The van der Waals surface area contributed by atoms with Gasteiger partial charge in [0, 0.05) is 13.0 Å². The van der Waals surface area contributed by atoms with Crippen molar-refractivity contribution < 1.29 is 9.84 Å². The van der Waals surface area contributed by atoms with Gasteiger partial charge in [0.15, 0.2) is 0 Å². The Balaban J connectivity index is 1.85. The number of hydrogen-bond donors (Lipinski definition) is 1. The quantitative estimate of drug-likeness (QED) is 0.681. The molecule has 5 aliphatic rings. The van der Waals surface area contributed by atoms with Crippen LogP contribution in [0, 0.1) is 23.2 Å². The van der Waals surface area contributed by atoms with Crippen LogP contribution < -0.4 is 0 Å². The maximum Gasteiger partial charge on any atom is 0.0902 e. The summed E-state index contributed by atoms with van der Waals surface area (Å²) in [6.45, 7) is 0. The molecular formula is C14H18O2. The Morgan fingerprint density at radius 2 is 2.31 bits per heavy atom. The van der Waals surface area contributed by atoms with E-state index in [-0.39, 0.29) is 11.0 Å². The second kappa shape index (κ2) is 2.04. The van der Waals surface area contributed by atoms with E-state index in [0.29, 0.717) is 5.92 Å². The van der Waals surface area contributed by atoms with E-state index in [1.54, 1.807) is 5.57 Å². The van der Waals surface area contributed by atoms with Gasteiger partial charge in [0.2, 0.25) is 0 Å². The summed E-state index contributed by atoms with van der Waals surface area (Å²) >= 11 is 0. The first-order valence-corrected chi connectivity index (χ1v) is 6.69. The maximum atomic E-state index is 11.1. The molecule has 0 saturated heterocycles. The third-order valence-electron chi connectivity index (χ3n) is 6.81. The van der Waals surface area contributed by atoms with Crippen LogP contribution in [0.1, 0.15) is 32.1 Å². The van der Waals surface area contributed by atoms with E-state index >= 15 is 0 Å². The molecule has 0 aromatic carbocycles. The SMILES string of the molecule is CO[C@]12C3C=C4CC[C@]5(O)CC[C@@H](CC31)C452. The molecule has 0 heterocycles. The van der Waals surface area contributed by atoms with E-state index in [1.165, 1.54) is 12.8 Å². The van der Waals surface area contributed by atoms with Gasteiger partial charge < -0.3 is 9.84 Å². The van der Waals surface area contributed by atoms with Gasteiger partial charge in [-0.25, -0.2) is 0 Å². The molecule has 5 rings (SSSR count). The molecular weight excluding hydrogens is 200 g/mol. The molecule has 6 atom stereocenters. The highest BCUT2D eigenvalue weighted by molar-refractivity contribution is 5.54. The lowest BCUT2D eigenvalue weighted by Crippen LogP contribution is -2.51. The van der Waals surface area contributed by atoms with Crippen molar-refractivity contribution in [1.82, 2.24) is 0 Å². The van der Waals surface area contributed by atoms with Gasteiger partial charge in [-0.1, -0.05) is 11.6 Å². The summed E-state index contributed by atoms with van der Waals surface area (Å²) in [6.07, 6.45) is 8.14. The molecule has 0 amide bonds. The zero-order valence-corrected chi connectivity index (χ0v) is 9.70. The first kappa shape index (κ1) is 8.71. The van der Waals surface area contributed by atoms with Crippen LogP contribution in [0.2, 0.25) is 0 Å². The van der Waals surface area contributed by atoms with Crippen molar-refractivity contribution in [3.63, 3.8) is 0 Å². The van der Waals surface area contributed by atoms with Crippen LogP contribution in [0.4, 0.5) is 0 Å². The third-order valence-corrected chi connectivity index (χ3v) is 6.81. The summed E-state index contributed by atoms with van der Waals surface area (Å²) in [5.41, 5.74) is 1.25. The highest BCUT2D eigenvalue weighted by atomic mass is 16.5. The minimum atomic E-state index is -0.417. The Hall–Kier alpha value is -0.340. The van der Waals surface area contributed by atoms with E-state index in [9.17, 15) is 5.11 Å². The number of hydrogen-bond acceptors (Lipinski definition) is 2. The van der Waals surface area contributed by atoms with Gasteiger partial charge in [-0.05, 0) is 43.9 Å². The number of rotatable bonds is 1. The topological polar surface area (TPSA) is 29.5 Å². The molecule has 0 bridgehead atoms. The van der Waals surface area contributed by atoms with E-state index in [0.717, 1.165) is 31.1 Å². The van der Waals surface area contributed by atoms with E-state index in [2.05, 4.69) is 6.08 Å². The number of fused-ring (bicyclic) bond motifs is 1. The number of aliphatic hydroxyl groups is 1. The molecule has 5 aliphatic carbocycles. The molecule has 0 aromatic rings. The predicted octanol–water partition coefficient (Wildman–Crippen LogP) is 1.88. The first-order chi connectivity index (χ1) is 7.71. The summed E-state index contributed by atoms with van der Waals surface area (Å²) in [5, 5.41) is 11.1. The van der Waals surface area contributed by atoms with Crippen molar-refractivity contribution in [2.24, 2.45) is 23.2 Å². The highest BCUT2D eigenvalue weighted by Gasteiger charge is 2.90. The third kappa shape index (κ3) is 0.493.